The average Bonchev–Trinajstić information content (AvgIpc) is 3.28. The molecule has 0 aliphatic carbocycles. The fraction of sp³-hybridized carbons (Fsp3) is 0.280. The van der Waals surface area contributed by atoms with Crippen LogP contribution in [-0.4, -0.2) is 66.1 Å². The van der Waals surface area contributed by atoms with Gasteiger partial charge in [-0.05, 0) is 56.5 Å². The summed E-state index contributed by atoms with van der Waals surface area (Å²) in [5.41, 5.74) is 2.90. The molecule has 4 aromatic rings. The highest BCUT2D eigenvalue weighted by Gasteiger charge is 2.19. The van der Waals surface area contributed by atoms with Gasteiger partial charge < -0.3 is 9.64 Å². The van der Waals surface area contributed by atoms with Crippen molar-refractivity contribution in [1.29, 1.82) is 0 Å². The topological polar surface area (TPSA) is 109 Å². The van der Waals surface area contributed by atoms with Crippen LogP contribution < -0.4 is 4.74 Å². The number of aromatic nitrogens is 5. The van der Waals surface area contributed by atoms with Crippen molar-refractivity contribution in [2.45, 2.75) is 13.0 Å². The minimum absolute atomic E-state index is 0.379. The van der Waals surface area contributed by atoms with Crippen molar-refractivity contribution in [3.63, 3.8) is 0 Å². The van der Waals surface area contributed by atoms with Crippen LogP contribution in [0.15, 0.2) is 47.1 Å². The van der Waals surface area contributed by atoms with Gasteiger partial charge in [-0.15, -0.1) is 10.2 Å². The summed E-state index contributed by atoms with van der Waals surface area (Å²) in [6.07, 6.45) is 6.37. The second kappa shape index (κ2) is 10.7. The van der Waals surface area contributed by atoms with E-state index in [0.29, 0.717) is 44.4 Å². The molecule has 5 rings (SSSR count). The Morgan fingerprint density at radius 1 is 1.11 bits per heavy atom. The number of aromatic amines is 1. The van der Waals surface area contributed by atoms with Crippen molar-refractivity contribution < 1.29 is 8.95 Å². The molecule has 1 aliphatic rings. The lowest BCUT2D eigenvalue weighted by molar-refractivity contribution is 0.227. The van der Waals surface area contributed by atoms with Crippen LogP contribution in [0.25, 0.3) is 23.1 Å². The van der Waals surface area contributed by atoms with E-state index in [1.54, 1.807) is 24.5 Å². The summed E-state index contributed by atoms with van der Waals surface area (Å²) < 4.78 is 23.4. The molecular weight excluding hydrogens is 533 g/mol. The number of pyridine rings is 1. The third kappa shape index (κ3) is 5.93. The van der Waals surface area contributed by atoms with E-state index in [4.69, 9.17) is 27.9 Å². The third-order valence-electron chi connectivity index (χ3n) is 6.10. The minimum atomic E-state index is -2.28. The molecular formula is C25H25Cl2N7O2S. The Bertz CT molecular complexity index is 1550. The predicted molar refractivity (Wildman–Crippen MR) is 148 cm³/mol. The zero-order chi connectivity index (χ0) is 26.0. The van der Waals surface area contributed by atoms with Crippen molar-refractivity contribution in [1.82, 2.24) is 30.3 Å². The lowest BCUT2D eigenvalue weighted by atomic mass is 10.1. The van der Waals surface area contributed by atoms with E-state index < -0.39 is 9.73 Å². The second-order valence-electron chi connectivity index (χ2n) is 8.82. The predicted octanol–water partition coefficient (Wildman–Crippen LogP) is 5.41. The summed E-state index contributed by atoms with van der Waals surface area (Å²) >= 11 is 12.6. The van der Waals surface area contributed by atoms with Gasteiger partial charge in [0.05, 0.1) is 36.7 Å². The highest BCUT2D eigenvalue weighted by molar-refractivity contribution is 7.93. The Labute approximate surface area is 225 Å². The summed E-state index contributed by atoms with van der Waals surface area (Å²) in [5, 5.41) is 17.6. The summed E-state index contributed by atoms with van der Waals surface area (Å²) in [4.78, 5) is 6.14. The molecule has 1 aromatic carbocycles. The minimum Gasteiger partial charge on any atom is -0.486 e. The van der Waals surface area contributed by atoms with Crippen molar-refractivity contribution in [2.24, 2.45) is 4.36 Å². The first-order valence-electron chi connectivity index (χ1n) is 11.7. The average molecular weight is 558 g/mol. The number of ether oxygens (including phenoxy) is 1. The maximum Gasteiger partial charge on any atom is 0.183 e. The number of nitrogens with zero attached hydrogens (tertiary/aromatic N) is 6. The number of hydrogen-bond acceptors (Lipinski definition) is 8. The maximum absolute atomic E-state index is 12.9. The number of H-pyrrole nitrogens is 1. The molecule has 9 nitrogen and oxygen atoms in total. The van der Waals surface area contributed by atoms with Gasteiger partial charge in [0.25, 0.3) is 0 Å². The number of benzene rings is 1. The molecule has 0 bridgehead atoms. The number of halogens is 2. The molecule has 0 saturated carbocycles. The largest absolute Gasteiger partial charge is 0.486 e. The Balaban J connectivity index is 1.32. The summed E-state index contributed by atoms with van der Waals surface area (Å²) in [7, 11) is -0.258. The second-order valence-corrected chi connectivity index (χ2v) is 12.2. The monoisotopic (exact) mass is 557 g/mol. The Hall–Kier alpha value is -3.05. The molecule has 37 heavy (non-hydrogen) atoms. The van der Waals surface area contributed by atoms with E-state index in [2.05, 4.69) is 34.6 Å². The molecule has 4 heterocycles. The Kier molecular flexibility index (Phi) is 7.43. The summed E-state index contributed by atoms with van der Waals surface area (Å²) in [5.74, 6) is 2.13. The molecule has 1 aliphatic heterocycles. The summed E-state index contributed by atoms with van der Waals surface area (Å²) in [6, 6.07) is 9.20. The Morgan fingerprint density at radius 2 is 1.86 bits per heavy atom. The van der Waals surface area contributed by atoms with E-state index in [0.717, 1.165) is 29.7 Å². The number of rotatable bonds is 6. The van der Waals surface area contributed by atoms with Gasteiger partial charge in [-0.2, -0.15) is 9.46 Å². The van der Waals surface area contributed by atoms with E-state index in [-0.39, 0.29) is 6.10 Å². The van der Waals surface area contributed by atoms with Gasteiger partial charge in [0, 0.05) is 47.9 Å². The molecule has 3 aromatic heterocycles. The molecule has 1 unspecified atom stereocenters. The van der Waals surface area contributed by atoms with Crippen LogP contribution in [0.3, 0.4) is 0 Å². The van der Waals surface area contributed by atoms with Crippen molar-refractivity contribution in [2.75, 3.05) is 31.6 Å². The van der Waals surface area contributed by atoms with Gasteiger partial charge in [-0.1, -0.05) is 23.2 Å². The highest BCUT2D eigenvalue weighted by Crippen LogP contribution is 2.33. The van der Waals surface area contributed by atoms with Gasteiger partial charge in [-0.3, -0.25) is 10.1 Å². The van der Waals surface area contributed by atoms with Crippen molar-refractivity contribution >= 4 is 61.8 Å². The fourth-order valence-electron chi connectivity index (χ4n) is 4.00. The van der Waals surface area contributed by atoms with Crippen molar-refractivity contribution in [3.05, 3.63) is 69.7 Å². The molecule has 0 radical (unpaired) electrons. The zero-order valence-electron chi connectivity index (χ0n) is 20.3. The van der Waals surface area contributed by atoms with Crippen molar-refractivity contribution in [3.8, 4) is 5.75 Å². The molecule has 1 fully saturated rings. The molecule has 1 atom stereocenters. The number of nitrogens with one attached hydrogen (secondary N) is 1. The maximum atomic E-state index is 12.9. The van der Waals surface area contributed by atoms with Gasteiger partial charge >= 0.3 is 0 Å². The van der Waals surface area contributed by atoms with Crippen LogP contribution in [0.4, 0.5) is 5.82 Å². The van der Waals surface area contributed by atoms with E-state index in [1.165, 1.54) is 0 Å². The van der Waals surface area contributed by atoms with Gasteiger partial charge in [-0.25, -0.2) is 4.21 Å². The lowest BCUT2D eigenvalue weighted by Crippen LogP contribution is -2.37. The first-order valence-corrected chi connectivity index (χ1v) is 14.3. The van der Waals surface area contributed by atoms with E-state index >= 15 is 0 Å². The molecule has 192 valence electrons. The summed E-state index contributed by atoms with van der Waals surface area (Å²) in [6.45, 7) is 3.42. The quantitative estimate of drug-likeness (QED) is 0.337. The Morgan fingerprint density at radius 3 is 2.57 bits per heavy atom. The van der Waals surface area contributed by atoms with E-state index in [9.17, 15) is 4.21 Å². The van der Waals surface area contributed by atoms with Gasteiger partial charge in [0.2, 0.25) is 0 Å². The lowest BCUT2D eigenvalue weighted by Gasteiger charge is -2.24. The van der Waals surface area contributed by atoms with Crippen LogP contribution >= 0.6 is 23.2 Å². The smallest absolute Gasteiger partial charge is 0.183 e. The van der Waals surface area contributed by atoms with Gasteiger partial charge in [0.15, 0.2) is 5.82 Å². The first-order chi connectivity index (χ1) is 17.8. The molecule has 1 N–H and O–H groups in total. The molecule has 0 amide bonds. The van der Waals surface area contributed by atoms with Gasteiger partial charge in [0.1, 0.15) is 11.9 Å². The highest BCUT2D eigenvalue weighted by atomic mass is 35.5. The third-order valence-corrected chi connectivity index (χ3v) is 8.86. The SMILES string of the molecule is CC(Oc1ccc2[nH]nc(/C=C/c3ccc(N=S4(=O)CCN(C)CC4)nn3)c2c1)c1c(Cl)cncc1Cl. The van der Waals surface area contributed by atoms with Crippen LogP contribution in [0, 0.1) is 0 Å². The number of hydrogen-bond donors (Lipinski definition) is 1. The first kappa shape index (κ1) is 25.6. The number of fused-ring (bicyclic) bond motifs is 1. The standard InChI is InChI=1S/C25H25Cl2N7O2S/c1-16(25-20(26)14-28-15-21(25)27)36-18-5-7-23-19(13-18)22(30-31-23)6-3-17-4-8-24(32-29-17)33-37(35)11-9-34(2)10-12-37/h3-8,13-16H,9-12H2,1-2H3,(H,30,31)/b6-3+. The molecule has 12 heteroatoms. The normalized spacial score (nSPS) is 16.8. The molecule has 0 spiro atoms. The van der Waals surface area contributed by atoms with Crippen LogP contribution in [0.5, 0.6) is 5.75 Å². The fourth-order valence-corrected chi connectivity index (χ4v) is 6.69. The zero-order valence-corrected chi connectivity index (χ0v) is 22.6. The molecule has 1 saturated heterocycles. The van der Waals surface area contributed by atoms with E-state index in [1.807, 2.05) is 44.3 Å². The van der Waals surface area contributed by atoms with Crippen LogP contribution in [0.2, 0.25) is 10.0 Å². The van der Waals surface area contributed by atoms with Crippen LogP contribution in [-0.2, 0) is 9.73 Å². The van der Waals surface area contributed by atoms with Crippen LogP contribution in [0.1, 0.15) is 30.0 Å².